The number of nitrogens with zero attached hydrogens (tertiary/aromatic N) is 1. The second-order valence-electron chi connectivity index (χ2n) is 6.89. The average Bonchev–Trinajstić information content (AvgIpc) is 3.20. The molecule has 0 saturated carbocycles. The van der Waals surface area contributed by atoms with Crippen molar-refractivity contribution < 1.29 is 4.79 Å². The van der Waals surface area contributed by atoms with Crippen LogP contribution in [0.3, 0.4) is 0 Å². The molecular formula is C21H23NO. The van der Waals surface area contributed by atoms with E-state index in [1.165, 1.54) is 41.5 Å². The lowest BCUT2D eigenvalue weighted by Crippen LogP contribution is -2.31. The van der Waals surface area contributed by atoms with Crippen molar-refractivity contribution in [1.82, 2.24) is 4.90 Å². The molecule has 0 bridgehead atoms. The molecule has 0 N–H and O–H groups in total. The summed E-state index contributed by atoms with van der Waals surface area (Å²) in [7, 11) is 1.96. The molecule has 4 rings (SSSR count). The smallest absolute Gasteiger partial charge is 0.227 e. The van der Waals surface area contributed by atoms with E-state index in [9.17, 15) is 4.79 Å². The van der Waals surface area contributed by atoms with Crippen LogP contribution in [0.5, 0.6) is 0 Å². The van der Waals surface area contributed by atoms with Crippen molar-refractivity contribution >= 4 is 5.91 Å². The van der Waals surface area contributed by atoms with Gasteiger partial charge in [0.15, 0.2) is 0 Å². The Labute approximate surface area is 138 Å². The number of rotatable bonds is 3. The first-order valence-electron chi connectivity index (χ1n) is 8.66. The molecule has 2 aromatic carbocycles. The first kappa shape index (κ1) is 14.5. The van der Waals surface area contributed by atoms with Crippen molar-refractivity contribution in [3.63, 3.8) is 0 Å². The number of hydrogen-bond donors (Lipinski definition) is 0. The third-order valence-electron chi connectivity index (χ3n) is 5.48. The van der Waals surface area contributed by atoms with Gasteiger partial charge in [0.05, 0.1) is 12.5 Å². The van der Waals surface area contributed by atoms with Crippen LogP contribution in [0.2, 0.25) is 0 Å². The van der Waals surface area contributed by atoms with E-state index in [4.69, 9.17) is 0 Å². The molecular weight excluding hydrogens is 282 g/mol. The van der Waals surface area contributed by atoms with Crippen LogP contribution in [0.4, 0.5) is 0 Å². The van der Waals surface area contributed by atoms with Crippen molar-refractivity contribution in [3.8, 4) is 0 Å². The number of aryl methyl sites for hydroxylation is 3. The van der Waals surface area contributed by atoms with E-state index >= 15 is 0 Å². The Morgan fingerprint density at radius 2 is 1.87 bits per heavy atom. The molecule has 118 valence electrons. The minimum absolute atomic E-state index is 0.227. The van der Waals surface area contributed by atoms with Gasteiger partial charge in [0.25, 0.3) is 0 Å². The highest BCUT2D eigenvalue weighted by atomic mass is 16.2. The Morgan fingerprint density at radius 1 is 1.04 bits per heavy atom. The largest absolute Gasteiger partial charge is 0.338 e. The zero-order chi connectivity index (χ0) is 15.8. The van der Waals surface area contributed by atoms with Crippen LogP contribution in [-0.2, 0) is 30.5 Å². The van der Waals surface area contributed by atoms with Gasteiger partial charge in [0.2, 0.25) is 5.91 Å². The number of hydrogen-bond acceptors (Lipinski definition) is 1. The molecule has 0 saturated heterocycles. The van der Waals surface area contributed by atoms with E-state index in [1.54, 1.807) is 0 Å². The highest BCUT2D eigenvalue weighted by Gasteiger charge is 2.28. The maximum Gasteiger partial charge on any atom is 0.227 e. The van der Waals surface area contributed by atoms with Crippen LogP contribution in [0, 0.1) is 0 Å². The molecule has 23 heavy (non-hydrogen) atoms. The molecule has 1 atom stereocenters. The minimum atomic E-state index is 0.227. The summed E-state index contributed by atoms with van der Waals surface area (Å²) in [5.41, 5.74) is 6.81. The van der Waals surface area contributed by atoms with Crippen molar-refractivity contribution in [1.29, 1.82) is 0 Å². The fourth-order valence-corrected chi connectivity index (χ4v) is 4.15. The molecule has 2 aliphatic carbocycles. The summed E-state index contributed by atoms with van der Waals surface area (Å²) in [6.45, 7) is 0. The molecule has 0 heterocycles. The Morgan fingerprint density at radius 3 is 2.78 bits per heavy atom. The lowest BCUT2D eigenvalue weighted by atomic mass is 10.0. The second-order valence-corrected chi connectivity index (χ2v) is 6.89. The maximum atomic E-state index is 12.7. The zero-order valence-corrected chi connectivity index (χ0v) is 13.7. The van der Waals surface area contributed by atoms with Gasteiger partial charge < -0.3 is 4.90 Å². The summed E-state index contributed by atoms with van der Waals surface area (Å²) >= 11 is 0. The van der Waals surface area contributed by atoms with Crippen LogP contribution < -0.4 is 0 Å². The summed E-state index contributed by atoms with van der Waals surface area (Å²) in [5, 5.41) is 0. The zero-order valence-electron chi connectivity index (χ0n) is 13.7. The van der Waals surface area contributed by atoms with E-state index in [2.05, 4.69) is 42.5 Å². The molecule has 2 aliphatic rings. The predicted molar refractivity (Wildman–Crippen MR) is 92.4 cm³/mol. The minimum Gasteiger partial charge on any atom is -0.338 e. The molecule has 0 aliphatic heterocycles. The molecule has 2 aromatic rings. The van der Waals surface area contributed by atoms with Crippen molar-refractivity contribution in [2.45, 2.75) is 44.6 Å². The number of carbonyl (C=O) groups is 1. The number of benzene rings is 2. The Hall–Kier alpha value is -2.09. The Kier molecular flexibility index (Phi) is 3.68. The molecule has 1 unspecified atom stereocenters. The molecule has 1 amide bonds. The molecule has 2 nitrogen and oxygen atoms in total. The summed E-state index contributed by atoms with van der Waals surface area (Å²) in [4.78, 5) is 14.7. The summed E-state index contributed by atoms with van der Waals surface area (Å²) < 4.78 is 0. The lowest BCUT2D eigenvalue weighted by Gasteiger charge is -2.25. The molecule has 0 spiro atoms. The standard InChI is InChI=1S/C21H23NO/c1-22(20-12-11-17-5-2-3-8-19(17)20)21(23)14-15-9-10-16-6-4-7-18(16)13-15/h2-3,5,8-10,13,20H,4,6-7,11-12,14H2,1H3. The van der Waals surface area contributed by atoms with E-state index in [0.717, 1.165) is 18.4 Å². The van der Waals surface area contributed by atoms with Gasteiger partial charge in [-0.2, -0.15) is 0 Å². The number of carbonyl (C=O) groups excluding carboxylic acids is 1. The second kappa shape index (κ2) is 5.84. The normalized spacial score (nSPS) is 18.6. The van der Waals surface area contributed by atoms with Gasteiger partial charge in [0, 0.05) is 7.05 Å². The van der Waals surface area contributed by atoms with Crippen molar-refractivity contribution in [2.75, 3.05) is 7.05 Å². The Balaban J connectivity index is 1.49. The van der Waals surface area contributed by atoms with Crippen LogP contribution >= 0.6 is 0 Å². The highest BCUT2D eigenvalue weighted by molar-refractivity contribution is 5.79. The van der Waals surface area contributed by atoms with E-state index in [-0.39, 0.29) is 11.9 Å². The van der Waals surface area contributed by atoms with Gasteiger partial charge in [-0.05, 0) is 59.9 Å². The monoisotopic (exact) mass is 305 g/mol. The first-order valence-corrected chi connectivity index (χ1v) is 8.66. The van der Waals surface area contributed by atoms with E-state index < -0.39 is 0 Å². The lowest BCUT2D eigenvalue weighted by molar-refractivity contribution is -0.131. The summed E-state index contributed by atoms with van der Waals surface area (Å²) in [5.74, 6) is 0.227. The predicted octanol–water partition coefficient (Wildman–Crippen LogP) is 3.86. The molecule has 0 radical (unpaired) electrons. The highest BCUT2D eigenvalue weighted by Crippen LogP contribution is 2.35. The third kappa shape index (κ3) is 2.67. The number of fused-ring (bicyclic) bond motifs is 2. The SMILES string of the molecule is CN(C(=O)Cc1ccc2c(c1)CCC2)C1CCc2ccccc21. The van der Waals surface area contributed by atoms with Gasteiger partial charge in [-0.15, -0.1) is 0 Å². The van der Waals surface area contributed by atoms with Gasteiger partial charge >= 0.3 is 0 Å². The molecule has 0 fully saturated rings. The van der Waals surface area contributed by atoms with Crippen LogP contribution in [0.15, 0.2) is 42.5 Å². The van der Waals surface area contributed by atoms with Gasteiger partial charge in [0.1, 0.15) is 0 Å². The first-order chi connectivity index (χ1) is 11.2. The fraction of sp³-hybridized carbons (Fsp3) is 0.381. The van der Waals surface area contributed by atoms with Gasteiger partial charge in [-0.25, -0.2) is 0 Å². The molecule has 0 aromatic heterocycles. The van der Waals surface area contributed by atoms with Gasteiger partial charge in [-0.1, -0.05) is 42.5 Å². The van der Waals surface area contributed by atoms with Crippen molar-refractivity contribution in [2.24, 2.45) is 0 Å². The van der Waals surface area contributed by atoms with Crippen LogP contribution in [0.25, 0.3) is 0 Å². The maximum absolute atomic E-state index is 12.7. The quantitative estimate of drug-likeness (QED) is 0.843. The summed E-state index contributed by atoms with van der Waals surface area (Å²) in [6, 6.07) is 15.4. The topological polar surface area (TPSA) is 20.3 Å². The van der Waals surface area contributed by atoms with Crippen LogP contribution in [-0.4, -0.2) is 17.9 Å². The van der Waals surface area contributed by atoms with Crippen molar-refractivity contribution in [3.05, 3.63) is 70.3 Å². The van der Waals surface area contributed by atoms with Crippen LogP contribution in [0.1, 0.15) is 46.7 Å². The van der Waals surface area contributed by atoms with E-state index in [1.807, 2.05) is 11.9 Å². The van der Waals surface area contributed by atoms with Gasteiger partial charge in [-0.3, -0.25) is 4.79 Å². The Bertz CT molecular complexity index is 749. The third-order valence-corrected chi connectivity index (χ3v) is 5.48. The average molecular weight is 305 g/mol. The fourth-order valence-electron chi connectivity index (χ4n) is 4.15. The number of amides is 1. The molecule has 2 heteroatoms. The summed E-state index contributed by atoms with van der Waals surface area (Å²) in [6.07, 6.45) is 6.27. The number of likely N-dealkylation sites (N-methyl/N-ethyl adjacent to an activating group) is 1. The van der Waals surface area contributed by atoms with E-state index in [0.29, 0.717) is 6.42 Å².